The molecule has 94 valence electrons. The highest BCUT2D eigenvalue weighted by molar-refractivity contribution is 9.10. The van der Waals surface area contributed by atoms with Crippen molar-refractivity contribution in [1.29, 1.82) is 0 Å². The van der Waals surface area contributed by atoms with Gasteiger partial charge < -0.3 is 9.67 Å². The first kappa shape index (κ1) is 11.9. The molecule has 1 aromatic heterocycles. The van der Waals surface area contributed by atoms with E-state index in [0.29, 0.717) is 0 Å². The van der Waals surface area contributed by atoms with Crippen LogP contribution in [0.15, 0.2) is 34.9 Å². The van der Waals surface area contributed by atoms with Gasteiger partial charge in [0.1, 0.15) is 11.9 Å². The van der Waals surface area contributed by atoms with Crippen LogP contribution in [0.2, 0.25) is 0 Å². The lowest BCUT2D eigenvalue weighted by Gasteiger charge is -2.18. The Bertz CT molecular complexity index is 565. The fourth-order valence-corrected chi connectivity index (χ4v) is 2.90. The van der Waals surface area contributed by atoms with E-state index in [9.17, 15) is 5.11 Å². The summed E-state index contributed by atoms with van der Waals surface area (Å²) in [5, 5.41) is 9.89. The summed E-state index contributed by atoms with van der Waals surface area (Å²) in [6.45, 7) is 0.970. The molecule has 0 saturated heterocycles. The molecular weight excluding hydrogens is 292 g/mol. The Labute approximate surface area is 115 Å². The molecule has 0 bridgehead atoms. The maximum Gasteiger partial charge on any atom is 0.137 e. The van der Waals surface area contributed by atoms with Gasteiger partial charge in [-0.15, -0.1) is 0 Å². The molecule has 0 saturated carbocycles. The molecule has 3 rings (SSSR count). The van der Waals surface area contributed by atoms with Crippen molar-refractivity contribution in [2.45, 2.75) is 31.9 Å². The van der Waals surface area contributed by atoms with Gasteiger partial charge in [0.15, 0.2) is 0 Å². The molecule has 0 radical (unpaired) electrons. The van der Waals surface area contributed by atoms with E-state index >= 15 is 0 Å². The zero-order valence-corrected chi connectivity index (χ0v) is 11.6. The van der Waals surface area contributed by atoms with Gasteiger partial charge in [-0.3, -0.25) is 0 Å². The van der Waals surface area contributed by atoms with Crippen LogP contribution in [-0.2, 0) is 13.0 Å². The Balaban J connectivity index is 1.85. The summed E-state index contributed by atoms with van der Waals surface area (Å²) in [5.41, 5.74) is 2.26. The third kappa shape index (κ3) is 2.35. The number of hydrogen-bond donors (Lipinski definition) is 1. The molecular formula is C14H15BrN2O. The Hall–Kier alpha value is -1.13. The van der Waals surface area contributed by atoms with Crippen LogP contribution in [0, 0.1) is 0 Å². The van der Waals surface area contributed by atoms with Gasteiger partial charge in [-0.2, -0.15) is 0 Å². The van der Waals surface area contributed by atoms with Crippen LogP contribution >= 0.6 is 15.9 Å². The second-order valence-electron chi connectivity index (χ2n) is 4.75. The molecule has 1 aliphatic rings. The third-order valence-corrected chi connectivity index (χ3v) is 3.80. The zero-order chi connectivity index (χ0) is 12.5. The summed E-state index contributed by atoms with van der Waals surface area (Å²) in [5.74, 6) is 0.825. The summed E-state index contributed by atoms with van der Waals surface area (Å²) in [7, 11) is 0. The summed E-state index contributed by atoms with van der Waals surface area (Å²) in [4.78, 5) is 4.55. The van der Waals surface area contributed by atoms with Crippen molar-refractivity contribution in [3.8, 4) is 0 Å². The maximum atomic E-state index is 9.89. The number of rotatable bonds is 2. The lowest BCUT2D eigenvalue weighted by molar-refractivity contribution is 0.133. The fourth-order valence-electron chi connectivity index (χ4n) is 2.46. The van der Waals surface area contributed by atoms with E-state index in [1.807, 2.05) is 12.1 Å². The smallest absolute Gasteiger partial charge is 0.137 e. The maximum absolute atomic E-state index is 9.89. The van der Waals surface area contributed by atoms with Crippen molar-refractivity contribution in [3.05, 3.63) is 52.0 Å². The molecule has 2 heterocycles. The van der Waals surface area contributed by atoms with Crippen LogP contribution in [0.1, 0.15) is 36.0 Å². The minimum Gasteiger partial charge on any atom is -0.385 e. The number of aromatic nitrogens is 2. The molecule has 1 aliphatic heterocycles. The molecule has 1 aromatic carbocycles. The average Bonchev–Trinajstić information content (AvgIpc) is 2.73. The second kappa shape index (κ2) is 4.86. The number of halogens is 1. The number of aliphatic hydroxyl groups excluding tert-OH is 1. The van der Waals surface area contributed by atoms with Gasteiger partial charge in [-0.05, 0) is 30.5 Å². The number of fused-ring (bicyclic) bond motifs is 1. The van der Waals surface area contributed by atoms with Gasteiger partial charge in [0, 0.05) is 23.6 Å². The van der Waals surface area contributed by atoms with Crippen LogP contribution in [0.3, 0.4) is 0 Å². The van der Waals surface area contributed by atoms with Crippen molar-refractivity contribution in [3.63, 3.8) is 0 Å². The number of benzene rings is 1. The van der Waals surface area contributed by atoms with Crippen LogP contribution in [0.5, 0.6) is 0 Å². The van der Waals surface area contributed by atoms with E-state index in [4.69, 9.17) is 0 Å². The predicted octanol–water partition coefficient (Wildman–Crippen LogP) is 3.06. The molecule has 3 nitrogen and oxygen atoms in total. The minimum atomic E-state index is -0.394. The van der Waals surface area contributed by atoms with Crippen molar-refractivity contribution in [2.75, 3.05) is 0 Å². The van der Waals surface area contributed by atoms with Gasteiger partial charge in [-0.25, -0.2) is 4.98 Å². The van der Waals surface area contributed by atoms with Crippen LogP contribution in [-0.4, -0.2) is 14.7 Å². The van der Waals surface area contributed by atoms with Gasteiger partial charge in [0.25, 0.3) is 0 Å². The lowest BCUT2D eigenvalue weighted by atomic mass is 10.1. The number of imidazole rings is 1. The minimum absolute atomic E-state index is 0.394. The first-order valence-electron chi connectivity index (χ1n) is 6.21. The number of aliphatic hydroxyl groups is 1. The van der Waals surface area contributed by atoms with E-state index in [1.54, 1.807) is 0 Å². The van der Waals surface area contributed by atoms with E-state index < -0.39 is 6.10 Å². The summed E-state index contributed by atoms with van der Waals surface area (Å²) >= 11 is 3.48. The summed E-state index contributed by atoms with van der Waals surface area (Å²) < 4.78 is 3.17. The molecule has 1 N–H and O–H groups in total. The molecule has 2 aromatic rings. The molecule has 0 amide bonds. The first-order chi connectivity index (χ1) is 8.72. The zero-order valence-electron chi connectivity index (χ0n) is 10.0. The molecule has 1 unspecified atom stereocenters. The molecule has 18 heavy (non-hydrogen) atoms. The second-order valence-corrected chi connectivity index (χ2v) is 5.66. The van der Waals surface area contributed by atoms with E-state index in [2.05, 4.69) is 43.8 Å². The number of nitrogens with zero attached hydrogens (tertiary/aromatic N) is 2. The fraction of sp³-hybridized carbons (Fsp3) is 0.357. The van der Waals surface area contributed by atoms with E-state index in [-0.39, 0.29) is 0 Å². The van der Waals surface area contributed by atoms with Gasteiger partial charge >= 0.3 is 0 Å². The molecule has 1 atom stereocenters. The van der Waals surface area contributed by atoms with Crippen molar-refractivity contribution >= 4 is 15.9 Å². The molecule has 0 aliphatic carbocycles. The summed E-state index contributed by atoms with van der Waals surface area (Å²) in [6, 6.07) is 8.25. The highest BCUT2D eigenvalue weighted by Gasteiger charge is 2.20. The van der Waals surface area contributed by atoms with Gasteiger partial charge in [-0.1, -0.05) is 28.1 Å². The van der Waals surface area contributed by atoms with Gasteiger partial charge in [0.05, 0.1) is 5.69 Å². The third-order valence-electron chi connectivity index (χ3n) is 3.31. The van der Waals surface area contributed by atoms with Crippen molar-refractivity contribution in [1.82, 2.24) is 9.55 Å². The molecule has 0 spiro atoms. The highest BCUT2D eigenvalue weighted by atomic mass is 79.9. The Morgan fingerprint density at radius 1 is 1.44 bits per heavy atom. The highest BCUT2D eigenvalue weighted by Crippen LogP contribution is 2.25. The SMILES string of the molecule is OC1CCCn2cc(Cc3cccc(Br)c3)nc21. The number of aryl methyl sites for hydroxylation is 1. The van der Waals surface area contributed by atoms with Gasteiger partial charge in [0.2, 0.25) is 0 Å². The number of hydrogen-bond acceptors (Lipinski definition) is 2. The predicted molar refractivity (Wildman–Crippen MR) is 73.4 cm³/mol. The molecule has 0 fully saturated rings. The van der Waals surface area contributed by atoms with Crippen molar-refractivity contribution < 1.29 is 5.11 Å². The van der Waals surface area contributed by atoms with Crippen LogP contribution < -0.4 is 0 Å². The van der Waals surface area contributed by atoms with Crippen LogP contribution in [0.25, 0.3) is 0 Å². The standard InChI is InChI=1S/C14H15BrN2O/c15-11-4-1-3-10(7-11)8-12-9-17-6-2-5-13(18)14(17)16-12/h1,3-4,7,9,13,18H,2,5-6,8H2. The average molecular weight is 307 g/mol. The normalized spacial score (nSPS) is 18.7. The van der Waals surface area contributed by atoms with Crippen molar-refractivity contribution in [2.24, 2.45) is 0 Å². The first-order valence-corrected chi connectivity index (χ1v) is 7.00. The Kier molecular flexibility index (Phi) is 3.22. The van der Waals surface area contributed by atoms with Crippen LogP contribution in [0.4, 0.5) is 0 Å². The van der Waals surface area contributed by atoms with E-state index in [0.717, 1.165) is 41.8 Å². The molecule has 4 heteroatoms. The Morgan fingerprint density at radius 2 is 2.33 bits per heavy atom. The topological polar surface area (TPSA) is 38.0 Å². The quantitative estimate of drug-likeness (QED) is 0.926. The van der Waals surface area contributed by atoms with E-state index in [1.165, 1.54) is 5.56 Å². The summed E-state index contributed by atoms with van der Waals surface area (Å²) in [6.07, 6.45) is 4.34. The Morgan fingerprint density at radius 3 is 3.11 bits per heavy atom. The monoisotopic (exact) mass is 306 g/mol. The largest absolute Gasteiger partial charge is 0.385 e. The lowest BCUT2D eigenvalue weighted by Crippen LogP contribution is -2.14.